The third kappa shape index (κ3) is 5.46. The first-order chi connectivity index (χ1) is 8.04. The molecule has 0 amide bonds. The Morgan fingerprint density at radius 2 is 2.06 bits per heavy atom. The fourth-order valence-corrected chi connectivity index (χ4v) is 2.00. The topological polar surface area (TPSA) is 47.0 Å². The Labute approximate surface area is 108 Å². The van der Waals surface area contributed by atoms with Gasteiger partial charge in [-0.3, -0.25) is 0 Å². The zero-order valence-corrected chi connectivity index (χ0v) is 12.1. The number of nitrogens with zero attached hydrogens (tertiary/aromatic N) is 2. The quantitative estimate of drug-likeness (QED) is 0.763. The van der Waals surface area contributed by atoms with Gasteiger partial charge in [-0.2, -0.15) is 4.37 Å². The van der Waals surface area contributed by atoms with Gasteiger partial charge in [-0.05, 0) is 12.8 Å². The molecule has 1 aromatic heterocycles. The van der Waals surface area contributed by atoms with E-state index in [0.717, 1.165) is 43.6 Å². The fourth-order valence-electron chi connectivity index (χ4n) is 1.22. The molecule has 0 saturated heterocycles. The Kier molecular flexibility index (Phi) is 5.85. The van der Waals surface area contributed by atoms with E-state index in [2.05, 4.69) is 42.4 Å². The monoisotopic (exact) mass is 257 g/mol. The third-order valence-electron chi connectivity index (χ3n) is 2.19. The molecular formula is C12H23N3OS. The summed E-state index contributed by atoms with van der Waals surface area (Å²) < 4.78 is 9.76. The van der Waals surface area contributed by atoms with Crippen molar-refractivity contribution >= 4 is 16.7 Å². The number of ether oxygens (including phenoxy) is 1. The molecule has 0 atom stereocenters. The summed E-state index contributed by atoms with van der Waals surface area (Å²) in [7, 11) is 0. The minimum atomic E-state index is 0.0284. The van der Waals surface area contributed by atoms with Crippen molar-refractivity contribution in [1.29, 1.82) is 0 Å². The number of rotatable bonds is 7. The van der Waals surface area contributed by atoms with Crippen molar-refractivity contribution < 1.29 is 4.74 Å². The van der Waals surface area contributed by atoms with Gasteiger partial charge in [-0.15, -0.1) is 0 Å². The first-order valence-corrected chi connectivity index (χ1v) is 6.97. The van der Waals surface area contributed by atoms with Crippen molar-refractivity contribution in [2.75, 3.05) is 25.1 Å². The maximum atomic E-state index is 5.41. The van der Waals surface area contributed by atoms with Crippen LogP contribution in [0, 0.1) is 0 Å². The van der Waals surface area contributed by atoms with Crippen LogP contribution in [0.15, 0.2) is 0 Å². The second kappa shape index (κ2) is 6.91. The summed E-state index contributed by atoms with van der Waals surface area (Å²) in [5.41, 5.74) is 0.0284. The van der Waals surface area contributed by atoms with Gasteiger partial charge in [0.25, 0.3) is 0 Å². The SMILES string of the molecule is CCCOCCCNc1nc(C(C)(C)C)ns1. The highest BCUT2D eigenvalue weighted by Gasteiger charge is 2.19. The molecule has 1 rings (SSSR count). The summed E-state index contributed by atoms with van der Waals surface area (Å²) in [6.45, 7) is 11.0. The zero-order valence-electron chi connectivity index (χ0n) is 11.2. The molecular weight excluding hydrogens is 234 g/mol. The highest BCUT2D eigenvalue weighted by atomic mass is 32.1. The number of nitrogens with one attached hydrogen (secondary N) is 1. The van der Waals surface area contributed by atoms with Crippen LogP contribution in [0.1, 0.15) is 46.4 Å². The van der Waals surface area contributed by atoms with Crippen molar-refractivity contribution in [1.82, 2.24) is 9.36 Å². The van der Waals surface area contributed by atoms with Gasteiger partial charge in [-0.25, -0.2) is 4.98 Å². The molecule has 4 nitrogen and oxygen atoms in total. The minimum absolute atomic E-state index is 0.0284. The molecule has 0 fully saturated rings. The molecule has 0 aliphatic carbocycles. The van der Waals surface area contributed by atoms with Crippen molar-refractivity contribution in [2.24, 2.45) is 0 Å². The molecule has 1 aromatic rings. The van der Waals surface area contributed by atoms with Crippen molar-refractivity contribution in [3.05, 3.63) is 5.82 Å². The highest BCUT2D eigenvalue weighted by Crippen LogP contribution is 2.22. The van der Waals surface area contributed by atoms with Crippen LogP contribution in [0.4, 0.5) is 5.13 Å². The van der Waals surface area contributed by atoms with Crippen LogP contribution in [0.2, 0.25) is 0 Å². The van der Waals surface area contributed by atoms with Crippen LogP contribution in [0.3, 0.4) is 0 Å². The summed E-state index contributed by atoms with van der Waals surface area (Å²) in [6.07, 6.45) is 2.09. The maximum Gasteiger partial charge on any atom is 0.202 e. The third-order valence-corrected chi connectivity index (χ3v) is 2.86. The van der Waals surface area contributed by atoms with Gasteiger partial charge in [0.05, 0.1) is 0 Å². The Hall–Kier alpha value is -0.680. The fraction of sp³-hybridized carbons (Fsp3) is 0.833. The van der Waals surface area contributed by atoms with Gasteiger partial charge in [-0.1, -0.05) is 27.7 Å². The summed E-state index contributed by atoms with van der Waals surface area (Å²) in [5, 5.41) is 4.19. The Morgan fingerprint density at radius 3 is 2.65 bits per heavy atom. The number of hydrogen-bond donors (Lipinski definition) is 1. The van der Waals surface area contributed by atoms with E-state index in [9.17, 15) is 0 Å². The second-order valence-corrected chi connectivity index (χ2v) is 5.82. The summed E-state index contributed by atoms with van der Waals surface area (Å²) in [4.78, 5) is 4.47. The molecule has 5 heteroatoms. The molecule has 0 radical (unpaired) electrons. The lowest BCUT2D eigenvalue weighted by atomic mass is 9.96. The van der Waals surface area contributed by atoms with Crippen molar-refractivity contribution in [2.45, 2.75) is 46.0 Å². The average molecular weight is 257 g/mol. The molecule has 17 heavy (non-hydrogen) atoms. The molecule has 0 unspecified atom stereocenters. The summed E-state index contributed by atoms with van der Waals surface area (Å²) >= 11 is 1.43. The van der Waals surface area contributed by atoms with Gasteiger partial charge in [0.2, 0.25) is 5.13 Å². The van der Waals surface area contributed by atoms with E-state index in [-0.39, 0.29) is 5.41 Å². The smallest absolute Gasteiger partial charge is 0.202 e. The van der Waals surface area contributed by atoms with E-state index < -0.39 is 0 Å². The Morgan fingerprint density at radius 1 is 1.29 bits per heavy atom. The van der Waals surface area contributed by atoms with Crippen molar-refractivity contribution in [3.8, 4) is 0 Å². The average Bonchev–Trinajstić information content (AvgIpc) is 2.71. The van der Waals surface area contributed by atoms with Crippen LogP contribution in [0.5, 0.6) is 0 Å². The number of hydrogen-bond acceptors (Lipinski definition) is 5. The molecule has 0 aromatic carbocycles. The van der Waals surface area contributed by atoms with E-state index >= 15 is 0 Å². The van der Waals surface area contributed by atoms with Gasteiger partial charge in [0.1, 0.15) is 5.82 Å². The normalized spacial score (nSPS) is 11.8. The lowest BCUT2D eigenvalue weighted by molar-refractivity contribution is 0.134. The number of aromatic nitrogens is 2. The van der Waals surface area contributed by atoms with Crippen molar-refractivity contribution in [3.63, 3.8) is 0 Å². The van der Waals surface area contributed by atoms with Gasteiger partial charge < -0.3 is 10.1 Å². The summed E-state index contributed by atoms with van der Waals surface area (Å²) in [5.74, 6) is 0.909. The second-order valence-electron chi connectivity index (χ2n) is 5.07. The lowest BCUT2D eigenvalue weighted by Gasteiger charge is -2.12. The van der Waals surface area contributed by atoms with E-state index in [1.807, 2.05) is 0 Å². The maximum absolute atomic E-state index is 5.41. The molecule has 0 aliphatic rings. The van der Waals surface area contributed by atoms with Crippen LogP contribution >= 0.6 is 11.5 Å². The zero-order chi connectivity index (χ0) is 12.7. The predicted molar refractivity (Wildman–Crippen MR) is 72.8 cm³/mol. The van der Waals surface area contributed by atoms with Crippen LogP contribution in [-0.2, 0) is 10.2 Å². The van der Waals surface area contributed by atoms with Crippen LogP contribution < -0.4 is 5.32 Å². The van der Waals surface area contributed by atoms with Gasteiger partial charge >= 0.3 is 0 Å². The molecule has 98 valence electrons. The van der Waals surface area contributed by atoms with E-state index in [4.69, 9.17) is 4.74 Å². The van der Waals surface area contributed by atoms with E-state index in [0.29, 0.717) is 0 Å². The molecule has 0 bridgehead atoms. The van der Waals surface area contributed by atoms with E-state index in [1.54, 1.807) is 0 Å². The molecule has 1 N–H and O–H groups in total. The first-order valence-electron chi connectivity index (χ1n) is 6.20. The Bertz CT molecular complexity index is 320. The van der Waals surface area contributed by atoms with E-state index in [1.165, 1.54) is 11.5 Å². The summed E-state index contributed by atoms with van der Waals surface area (Å²) in [6, 6.07) is 0. The Balaban J connectivity index is 2.21. The van der Waals surface area contributed by atoms with Crippen LogP contribution in [0.25, 0.3) is 0 Å². The number of anilines is 1. The molecule has 0 spiro atoms. The molecule has 1 heterocycles. The molecule has 0 saturated carbocycles. The highest BCUT2D eigenvalue weighted by molar-refractivity contribution is 7.09. The largest absolute Gasteiger partial charge is 0.381 e. The van der Waals surface area contributed by atoms with Gasteiger partial charge in [0.15, 0.2) is 0 Å². The van der Waals surface area contributed by atoms with Crippen LogP contribution in [-0.4, -0.2) is 29.1 Å². The molecule has 0 aliphatic heterocycles. The first kappa shape index (κ1) is 14.4. The predicted octanol–water partition coefficient (Wildman–Crippen LogP) is 3.06. The minimum Gasteiger partial charge on any atom is -0.381 e. The van der Waals surface area contributed by atoms with Gasteiger partial charge in [0, 0.05) is 36.7 Å². The standard InChI is InChI=1S/C12H23N3OS/c1-5-8-16-9-6-7-13-11-14-10(15-17-11)12(2,3)4/h5-9H2,1-4H3,(H,13,14,15). The lowest BCUT2D eigenvalue weighted by Crippen LogP contribution is -2.13.